The predicted octanol–water partition coefficient (Wildman–Crippen LogP) is 3.04. The van der Waals surface area contributed by atoms with Crippen LogP contribution in [-0.4, -0.2) is 18.7 Å². The first-order valence-corrected chi connectivity index (χ1v) is 6.56. The molecule has 1 N–H and O–H groups in total. The number of nitrogens with zero attached hydrogens (tertiary/aromatic N) is 2. The number of likely N-dealkylation sites (N-methyl/N-ethyl adjacent to an activating group) is 1. The van der Waals surface area contributed by atoms with Crippen molar-refractivity contribution < 1.29 is 5.11 Å². The molecule has 2 aromatic rings. The van der Waals surface area contributed by atoms with Gasteiger partial charge in [-0.2, -0.15) is 5.26 Å². The van der Waals surface area contributed by atoms with Crippen LogP contribution < -0.4 is 4.90 Å². The molecule has 0 fully saturated rings. The second-order valence-corrected chi connectivity index (χ2v) is 4.97. The van der Waals surface area contributed by atoms with Gasteiger partial charge in [0.25, 0.3) is 0 Å². The quantitative estimate of drug-likeness (QED) is 0.925. The van der Waals surface area contributed by atoms with Gasteiger partial charge in [-0.05, 0) is 42.3 Å². The lowest BCUT2D eigenvalue weighted by atomic mass is 10.1. The van der Waals surface area contributed by atoms with Gasteiger partial charge in [-0.15, -0.1) is 0 Å². The van der Waals surface area contributed by atoms with E-state index in [1.165, 1.54) is 5.56 Å². The third-order valence-electron chi connectivity index (χ3n) is 3.31. The van der Waals surface area contributed by atoms with Crippen LogP contribution in [0.25, 0.3) is 0 Å². The van der Waals surface area contributed by atoms with Crippen molar-refractivity contribution in [3.63, 3.8) is 0 Å². The van der Waals surface area contributed by atoms with E-state index in [2.05, 4.69) is 12.1 Å². The fraction of sp³-hybridized carbons (Fsp3) is 0.235. The molecule has 0 saturated heterocycles. The van der Waals surface area contributed by atoms with E-state index in [0.717, 1.165) is 11.3 Å². The second kappa shape index (κ2) is 6.23. The summed E-state index contributed by atoms with van der Waals surface area (Å²) < 4.78 is 0. The maximum Gasteiger partial charge on any atom is 0.0991 e. The molecule has 0 saturated carbocycles. The number of nitriles is 1. The first-order valence-electron chi connectivity index (χ1n) is 6.56. The molecule has 0 radical (unpaired) electrons. The van der Waals surface area contributed by atoms with Gasteiger partial charge in [0, 0.05) is 19.3 Å². The van der Waals surface area contributed by atoms with Gasteiger partial charge in [0.2, 0.25) is 0 Å². The summed E-state index contributed by atoms with van der Waals surface area (Å²) >= 11 is 0. The summed E-state index contributed by atoms with van der Waals surface area (Å²) in [6.07, 6.45) is -0.576. The van der Waals surface area contributed by atoms with Gasteiger partial charge < -0.3 is 10.0 Å². The van der Waals surface area contributed by atoms with Crippen LogP contribution in [0.1, 0.15) is 22.8 Å². The zero-order chi connectivity index (χ0) is 14.5. The number of rotatable bonds is 4. The number of aliphatic hydroxyl groups is 1. The largest absolute Gasteiger partial charge is 0.387 e. The molecule has 0 bridgehead atoms. The predicted molar refractivity (Wildman–Crippen MR) is 80.6 cm³/mol. The molecule has 1 atom stereocenters. The van der Waals surface area contributed by atoms with E-state index < -0.39 is 6.10 Å². The Balaban J connectivity index is 2.06. The molecule has 102 valence electrons. The van der Waals surface area contributed by atoms with Gasteiger partial charge in [-0.3, -0.25) is 0 Å². The van der Waals surface area contributed by atoms with Gasteiger partial charge in [-0.1, -0.05) is 24.3 Å². The number of hydrogen-bond acceptors (Lipinski definition) is 3. The molecular formula is C17H18N2O. The lowest BCUT2D eigenvalue weighted by Crippen LogP contribution is -2.24. The molecule has 2 aromatic carbocycles. The highest BCUT2D eigenvalue weighted by Gasteiger charge is 2.11. The molecule has 0 aromatic heterocycles. The monoisotopic (exact) mass is 266 g/mol. The SMILES string of the molecule is Cc1cccc(N(C)CC(O)c2ccc(C#N)cc2)c1. The molecule has 0 heterocycles. The molecule has 0 aliphatic rings. The minimum atomic E-state index is -0.576. The van der Waals surface area contributed by atoms with E-state index in [1.54, 1.807) is 24.3 Å². The lowest BCUT2D eigenvalue weighted by Gasteiger charge is -2.23. The van der Waals surface area contributed by atoms with Crippen LogP contribution in [0.5, 0.6) is 0 Å². The van der Waals surface area contributed by atoms with E-state index in [4.69, 9.17) is 5.26 Å². The van der Waals surface area contributed by atoms with E-state index in [9.17, 15) is 5.11 Å². The third-order valence-corrected chi connectivity index (χ3v) is 3.31. The Morgan fingerprint density at radius 2 is 1.90 bits per heavy atom. The van der Waals surface area contributed by atoms with Gasteiger partial charge in [0.15, 0.2) is 0 Å². The van der Waals surface area contributed by atoms with Crippen LogP contribution in [0.4, 0.5) is 5.69 Å². The number of anilines is 1. The zero-order valence-corrected chi connectivity index (χ0v) is 11.7. The molecule has 3 nitrogen and oxygen atoms in total. The average molecular weight is 266 g/mol. The highest BCUT2D eigenvalue weighted by atomic mass is 16.3. The van der Waals surface area contributed by atoms with Crippen molar-refractivity contribution in [2.45, 2.75) is 13.0 Å². The Hall–Kier alpha value is -2.31. The topological polar surface area (TPSA) is 47.3 Å². The minimum Gasteiger partial charge on any atom is -0.387 e. The summed E-state index contributed by atoms with van der Waals surface area (Å²) in [4.78, 5) is 2.02. The Kier molecular flexibility index (Phi) is 4.39. The Labute approximate surface area is 119 Å². The molecule has 20 heavy (non-hydrogen) atoms. The van der Waals surface area contributed by atoms with Gasteiger partial charge in [0.05, 0.1) is 17.7 Å². The number of benzene rings is 2. The molecule has 0 aliphatic heterocycles. The summed E-state index contributed by atoms with van der Waals surface area (Å²) in [6.45, 7) is 2.56. The van der Waals surface area contributed by atoms with Crippen molar-refractivity contribution in [2.75, 3.05) is 18.5 Å². The summed E-state index contributed by atoms with van der Waals surface area (Å²) in [6, 6.07) is 17.3. The maximum absolute atomic E-state index is 10.3. The molecule has 0 spiro atoms. The summed E-state index contributed by atoms with van der Waals surface area (Å²) in [5, 5.41) is 19.0. The summed E-state index contributed by atoms with van der Waals surface area (Å²) in [5.41, 5.74) is 3.70. The van der Waals surface area contributed by atoms with E-state index >= 15 is 0 Å². The van der Waals surface area contributed by atoms with Crippen LogP contribution in [0.2, 0.25) is 0 Å². The van der Waals surface area contributed by atoms with Crippen LogP contribution in [0.3, 0.4) is 0 Å². The molecule has 3 heteroatoms. The van der Waals surface area contributed by atoms with Gasteiger partial charge >= 0.3 is 0 Å². The van der Waals surface area contributed by atoms with E-state index in [-0.39, 0.29) is 0 Å². The highest BCUT2D eigenvalue weighted by Crippen LogP contribution is 2.19. The molecule has 0 aliphatic carbocycles. The van der Waals surface area contributed by atoms with E-state index in [0.29, 0.717) is 12.1 Å². The van der Waals surface area contributed by atoms with Crippen molar-refractivity contribution in [3.05, 3.63) is 65.2 Å². The van der Waals surface area contributed by atoms with Crippen molar-refractivity contribution in [1.29, 1.82) is 5.26 Å². The standard InChI is InChI=1S/C17H18N2O/c1-13-4-3-5-16(10-13)19(2)12-17(20)15-8-6-14(11-18)7-9-15/h3-10,17,20H,12H2,1-2H3. The third kappa shape index (κ3) is 3.37. The van der Waals surface area contributed by atoms with Crippen LogP contribution in [0, 0.1) is 18.3 Å². The number of aliphatic hydroxyl groups excluding tert-OH is 1. The van der Waals surface area contributed by atoms with Gasteiger partial charge in [-0.25, -0.2) is 0 Å². The average Bonchev–Trinajstić information content (AvgIpc) is 2.47. The fourth-order valence-corrected chi connectivity index (χ4v) is 2.12. The first kappa shape index (κ1) is 14.1. The van der Waals surface area contributed by atoms with E-state index in [1.807, 2.05) is 37.1 Å². The van der Waals surface area contributed by atoms with Crippen molar-refractivity contribution in [2.24, 2.45) is 0 Å². The van der Waals surface area contributed by atoms with Crippen LogP contribution >= 0.6 is 0 Å². The van der Waals surface area contributed by atoms with Gasteiger partial charge in [0.1, 0.15) is 0 Å². The highest BCUT2D eigenvalue weighted by molar-refractivity contribution is 5.48. The minimum absolute atomic E-state index is 0.509. The van der Waals surface area contributed by atoms with Crippen LogP contribution in [0.15, 0.2) is 48.5 Å². The zero-order valence-electron chi connectivity index (χ0n) is 11.7. The van der Waals surface area contributed by atoms with Crippen molar-refractivity contribution >= 4 is 5.69 Å². The molecule has 2 rings (SSSR count). The molecule has 0 amide bonds. The Morgan fingerprint density at radius 1 is 1.20 bits per heavy atom. The smallest absolute Gasteiger partial charge is 0.0991 e. The molecular weight excluding hydrogens is 248 g/mol. The normalized spacial score (nSPS) is 11.7. The maximum atomic E-state index is 10.3. The van der Waals surface area contributed by atoms with Crippen molar-refractivity contribution in [1.82, 2.24) is 0 Å². The first-order chi connectivity index (χ1) is 9.60. The summed E-state index contributed by atoms with van der Waals surface area (Å²) in [7, 11) is 1.96. The number of hydrogen-bond donors (Lipinski definition) is 1. The van der Waals surface area contributed by atoms with Crippen LogP contribution in [-0.2, 0) is 0 Å². The van der Waals surface area contributed by atoms with Crippen molar-refractivity contribution in [3.8, 4) is 6.07 Å². The Morgan fingerprint density at radius 3 is 2.50 bits per heavy atom. The fourth-order valence-electron chi connectivity index (χ4n) is 2.12. The summed E-state index contributed by atoms with van der Waals surface area (Å²) in [5.74, 6) is 0. The second-order valence-electron chi connectivity index (χ2n) is 4.97. The number of aryl methyl sites for hydroxylation is 1. The Bertz CT molecular complexity index is 614. The lowest BCUT2D eigenvalue weighted by molar-refractivity contribution is 0.185. The molecule has 1 unspecified atom stereocenters.